The molecule has 1 atom stereocenters. The second kappa shape index (κ2) is 6.92. The van der Waals surface area contributed by atoms with E-state index in [4.69, 9.17) is 0 Å². The van der Waals surface area contributed by atoms with Crippen LogP contribution in [-0.4, -0.2) is 6.54 Å². The SMILES string of the molecule is C=C(C)CC(NCCC)c1cccc(Br)c1F. The minimum Gasteiger partial charge on any atom is -0.310 e. The predicted octanol–water partition coefficient (Wildman–Crippen LogP) is 4.60. The molecule has 1 unspecified atom stereocenters. The summed E-state index contributed by atoms with van der Waals surface area (Å²) in [5.74, 6) is -0.178. The molecule has 0 saturated carbocycles. The molecule has 0 radical (unpaired) electrons. The first-order valence-electron chi connectivity index (χ1n) is 5.88. The van der Waals surface area contributed by atoms with Crippen LogP contribution in [0.25, 0.3) is 0 Å². The summed E-state index contributed by atoms with van der Waals surface area (Å²) < 4.78 is 14.5. The van der Waals surface area contributed by atoms with E-state index in [1.54, 1.807) is 6.07 Å². The second-order valence-corrected chi connectivity index (χ2v) is 5.17. The van der Waals surface area contributed by atoms with Gasteiger partial charge in [0.15, 0.2) is 0 Å². The van der Waals surface area contributed by atoms with Gasteiger partial charge in [-0.3, -0.25) is 0 Å². The molecular weight excluding hydrogens is 281 g/mol. The molecule has 0 aliphatic carbocycles. The van der Waals surface area contributed by atoms with E-state index in [2.05, 4.69) is 34.7 Å². The summed E-state index contributed by atoms with van der Waals surface area (Å²) in [6.45, 7) is 8.85. The second-order valence-electron chi connectivity index (χ2n) is 4.31. The van der Waals surface area contributed by atoms with E-state index in [1.165, 1.54) is 0 Å². The highest BCUT2D eigenvalue weighted by molar-refractivity contribution is 9.10. The van der Waals surface area contributed by atoms with Gasteiger partial charge in [-0.2, -0.15) is 0 Å². The molecule has 0 bridgehead atoms. The molecule has 0 amide bonds. The average Bonchev–Trinajstić information content (AvgIpc) is 2.28. The molecule has 1 aromatic rings. The molecule has 0 spiro atoms. The quantitative estimate of drug-likeness (QED) is 0.757. The van der Waals surface area contributed by atoms with Crippen LogP contribution in [0.5, 0.6) is 0 Å². The van der Waals surface area contributed by atoms with Gasteiger partial charge in [-0.1, -0.05) is 24.6 Å². The maximum absolute atomic E-state index is 14.0. The smallest absolute Gasteiger partial charge is 0.142 e. The molecule has 0 heterocycles. The molecule has 0 aliphatic heterocycles. The lowest BCUT2D eigenvalue weighted by Gasteiger charge is -2.20. The van der Waals surface area contributed by atoms with Crippen molar-refractivity contribution in [2.75, 3.05) is 6.54 Å². The van der Waals surface area contributed by atoms with E-state index in [0.29, 0.717) is 10.0 Å². The lowest BCUT2D eigenvalue weighted by molar-refractivity contribution is 0.494. The van der Waals surface area contributed by atoms with Crippen LogP contribution in [0.15, 0.2) is 34.8 Å². The number of benzene rings is 1. The van der Waals surface area contributed by atoms with E-state index in [9.17, 15) is 4.39 Å². The Balaban J connectivity index is 2.94. The van der Waals surface area contributed by atoms with Crippen molar-refractivity contribution in [2.45, 2.75) is 32.7 Å². The summed E-state index contributed by atoms with van der Waals surface area (Å²) >= 11 is 3.22. The Kier molecular flexibility index (Phi) is 5.86. The molecule has 1 nitrogen and oxygen atoms in total. The normalized spacial score (nSPS) is 12.5. The van der Waals surface area contributed by atoms with E-state index >= 15 is 0 Å². The molecule has 0 fully saturated rings. The van der Waals surface area contributed by atoms with Gasteiger partial charge in [-0.15, -0.1) is 6.58 Å². The fraction of sp³-hybridized carbons (Fsp3) is 0.429. The van der Waals surface area contributed by atoms with Crippen LogP contribution in [0.4, 0.5) is 4.39 Å². The van der Waals surface area contributed by atoms with Gasteiger partial charge in [0.1, 0.15) is 5.82 Å². The first kappa shape index (κ1) is 14.4. The molecule has 0 aromatic heterocycles. The van der Waals surface area contributed by atoms with E-state index in [-0.39, 0.29) is 11.9 Å². The number of halogens is 2. The fourth-order valence-electron chi connectivity index (χ4n) is 1.75. The first-order valence-corrected chi connectivity index (χ1v) is 6.67. The van der Waals surface area contributed by atoms with E-state index in [0.717, 1.165) is 25.0 Å². The van der Waals surface area contributed by atoms with Crippen LogP contribution in [0.2, 0.25) is 0 Å². The molecule has 1 N–H and O–H groups in total. The van der Waals surface area contributed by atoms with Crippen LogP contribution in [0, 0.1) is 5.82 Å². The molecule has 3 heteroatoms. The molecule has 0 aliphatic rings. The topological polar surface area (TPSA) is 12.0 Å². The van der Waals surface area contributed by atoms with Crippen molar-refractivity contribution in [2.24, 2.45) is 0 Å². The average molecular weight is 300 g/mol. The molecule has 17 heavy (non-hydrogen) atoms. The Morgan fingerprint density at radius 3 is 2.82 bits per heavy atom. The van der Waals surface area contributed by atoms with Crippen molar-refractivity contribution >= 4 is 15.9 Å². The summed E-state index contributed by atoms with van der Waals surface area (Å²) in [6.07, 6.45) is 1.79. The highest BCUT2D eigenvalue weighted by Gasteiger charge is 2.16. The Morgan fingerprint density at radius 2 is 2.24 bits per heavy atom. The maximum Gasteiger partial charge on any atom is 0.142 e. The Hall–Kier alpha value is -0.670. The fourth-order valence-corrected chi connectivity index (χ4v) is 2.13. The van der Waals surface area contributed by atoms with Gasteiger partial charge in [0.2, 0.25) is 0 Å². The zero-order valence-electron chi connectivity index (χ0n) is 10.4. The lowest BCUT2D eigenvalue weighted by Crippen LogP contribution is -2.23. The number of nitrogens with one attached hydrogen (secondary N) is 1. The molecule has 1 rings (SSSR count). The minimum atomic E-state index is -0.178. The first-order chi connectivity index (χ1) is 8.06. The van der Waals surface area contributed by atoms with Crippen LogP contribution in [-0.2, 0) is 0 Å². The number of hydrogen-bond donors (Lipinski definition) is 1. The predicted molar refractivity (Wildman–Crippen MR) is 74.6 cm³/mol. The summed E-state index contributed by atoms with van der Waals surface area (Å²) in [4.78, 5) is 0. The highest BCUT2D eigenvalue weighted by atomic mass is 79.9. The Morgan fingerprint density at radius 1 is 1.53 bits per heavy atom. The van der Waals surface area contributed by atoms with Crippen molar-refractivity contribution in [3.8, 4) is 0 Å². The number of hydrogen-bond acceptors (Lipinski definition) is 1. The molecule has 0 saturated heterocycles. The Labute approximate surface area is 111 Å². The summed E-state index contributed by atoms with van der Waals surface area (Å²) in [5.41, 5.74) is 1.76. The minimum absolute atomic E-state index is 0.00458. The van der Waals surface area contributed by atoms with Crippen LogP contribution < -0.4 is 5.32 Å². The van der Waals surface area contributed by atoms with Crippen LogP contribution in [0.1, 0.15) is 38.3 Å². The van der Waals surface area contributed by atoms with Crippen LogP contribution >= 0.6 is 15.9 Å². The zero-order chi connectivity index (χ0) is 12.8. The van der Waals surface area contributed by atoms with Gasteiger partial charge >= 0.3 is 0 Å². The number of rotatable bonds is 6. The highest BCUT2D eigenvalue weighted by Crippen LogP contribution is 2.27. The van der Waals surface area contributed by atoms with Gasteiger partial charge < -0.3 is 5.32 Å². The van der Waals surface area contributed by atoms with Crippen molar-refractivity contribution in [1.29, 1.82) is 0 Å². The third-order valence-corrected chi connectivity index (χ3v) is 3.16. The van der Waals surface area contributed by atoms with Gasteiger partial charge in [0.25, 0.3) is 0 Å². The third-order valence-electron chi connectivity index (χ3n) is 2.55. The van der Waals surface area contributed by atoms with Crippen molar-refractivity contribution in [1.82, 2.24) is 5.32 Å². The van der Waals surface area contributed by atoms with Gasteiger partial charge in [-0.25, -0.2) is 4.39 Å². The maximum atomic E-state index is 14.0. The van der Waals surface area contributed by atoms with Crippen molar-refractivity contribution < 1.29 is 4.39 Å². The zero-order valence-corrected chi connectivity index (χ0v) is 12.0. The summed E-state index contributed by atoms with van der Waals surface area (Å²) in [7, 11) is 0. The monoisotopic (exact) mass is 299 g/mol. The third kappa shape index (κ3) is 4.25. The van der Waals surface area contributed by atoms with Gasteiger partial charge in [0, 0.05) is 11.6 Å². The summed E-state index contributed by atoms with van der Waals surface area (Å²) in [6, 6.07) is 5.42. The van der Waals surface area contributed by atoms with E-state index in [1.807, 2.05) is 19.1 Å². The standard InChI is InChI=1S/C14H19BrFN/c1-4-8-17-13(9-10(2)3)11-6-5-7-12(15)14(11)16/h5-7,13,17H,2,4,8-9H2,1,3H3. The Bertz CT molecular complexity index is 390. The van der Waals surface area contributed by atoms with Crippen molar-refractivity contribution in [3.05, 3.63) is 46.2 Å². The van der Waals surface area contributed by atoms with Gasteiger partial charge in [0.05, 0.1) is 4.47 Å². The molecular formula is C14H19BrFN. The van der Waals surface area contributed by atoms with E-state index < -0.39 is 0 Å². The van der Waals surface area contributed by atoms with Crippen molar-refractivity contribution in [3.63, 3.8) is 0 Å². The van der Waals surface area contributed by atoms with Gasteiger partial charge in [-0.05, 0) is 48.3 Å². The molecule has 94 valence electrons. The largest absolute Gasteiger partial charge is 0.310 e. The van der Waals surface area contributed by atoms with Crippen LogP contribution in [0.3, 0.4) is 0 Å². The summed E-state index contributed by atoms with van der Waals surface area (Å²) in [5, 5.41) is 3.36. The molecule has 1 aromatic carbocycles. The lowest BCUT2D eigenvalue weighted by atomic mass is 9.99.